The number of hydrogen-bond donors (Lipinski definition) is 3. The van der Waals surface area contributed by atoms with E-state index in [1.54, 1.807) is 24.0 Å². The van der Waals surface area contributed by atoms with Crippen molar-refractivity contribution in [2.45, 2.75) is 17.1 Å². The van der Waals surface area contributed by atoms with Crippen LogP contribution >= 0.6 is 11.3 Å². The Morgan fingerprint density at radius 1 is 1.38 bits per heavy atom. The van der Waals surface area contributed by atoms with Crippen molar-refractivity contribution >= 4 is 27.3 Å². The summed E-state index contributed by atoms with van der Waals surface area (Å²) in [5, 5.41) is 4.41. The van der Waals surface area contributed by atoms with Gasteiger partial charge in [0.15, 0.2) is 0 Å². The van der Waals surface area contributed by atoms with Crippen LogP contribution in [0.5, 0.6) is 0 Å². The number of aromatic amines is 1. The molecule has 0 atom stereocenters. The number of imidazole rings is 1. The van der Waals surface area contributed by atoms with Gasteiger partial charge in [0.1, 0.15) is 4.21 Å². The predicted molar refractivity (Wildman–Crippen MR) is 79.4 cm³/mol. The zero-order valence-corrected chi connectivity index (χ0v) is 12.8. The van der Waals surface area contributed by atoms with E-state index in [-0.39, 0.29) is 23.1 Å². The highest BCUT2D eigenvalue weighted by Gasteiger charge is 2.14. The fraction of sp³-hybridized carbons (Fsp3) is 0.333. The number of H-pyrrole nitrogens is 1. The first kappa shape index (κ1) is 15.7. The van der Waals surface area contributed by atoms with Crippen molar-refractivity contribution in [2.75, 3.05) is 13.1 Å². The molecule has 0 fully saturated rings. The fourth-order valence-corrected chi connectivity index (χ4v) is 3.70. The number of amides is 1. The second kappa shape index (κ2) is 7.34. The average Bonchev–Trinajstić information content (AvgIpc) is 3.12. The van der Waals surface area contributed by atoms with Crippen LogP contribution in [0.25, 0.3) is 0 Å². The van der Waals surface area contributed by atoms with E-state index in [1.807, 2.05) is 0 Å². The largest absolute Gasteiger partial charge is 0.356 e. The van der Waals surface area contributed by atoms with Gasteiger partial charge in [-0.3, -0.25) is 4.79 Å². The van der Waals surface area contributed by atoms with E-state index >= 15 is 0 Å². The van der Waals surface area contributed by atoms with E-state index < -0.39 is 10.0 Å². The molecule has 2 aromatic rings. The first-order chi connectivity index (χ1) is 10.1. The first-order valence-electron chi connectivity index (χ1n) is 6.35. The Balaban J connectivity index is 1.65. The number of rotatable bonds is 8. The molecule has 0 aliphatic rings. The van der Waals surface area contributed by atoms with Crippen LogP contribution in [0.4, 0.5) is 0 Å². The summed E-state index contributed by atoms with van der Waals surface area (Å²) in [5.74, 6) is -0.191. The molecule has 114 valence electrons. The van der Waals surface area contributed by atoms with Gasteiger partial charge in [0.25, 0.3) is 0 Å². The Labute approximate surface area is 126 Å². The van der Waals surface area contributed by atoms with Crippen LogP contribution in [0.15, 0.2) is 34.2 Å². The summed E-state index contributed by atoms with van der Waals surface area (Å²) in [6.07, 6.45) is 4.04. The molecule has 0 aromatic carbocycles. The Kier molecular flexibility index (Phi) is 5.48. The maximum Gasteiger partial charge on any atom is 0.250 e. The Morgan fingerprint density at radius 3 is 2.90 bits per heavy atom. The molecule has 2 heterocycles. The maximum absolute atomic E-state index is 11.8. The summed E-state index contributed by atoms with van der Waals surface area (Å²) < 4.78 is 26.3. The van der Waals surface area contributed by atoms with Gasteiger partial charge in [-0.2, -0.15) is 0 Å². The molecule has 2 aromatic heterocycles. The molecular formula is C12H16N4O3S2. The minimum Gasteiger partial charge on any atom is -0.356 e. The van der Waals surface area contributed by atoms with Crippen LogP contribution in [0.3, 0.4) is 0 Å². The van der Waals surface area contributed by atoms with Crippen LogP contribution < -0.4 is 10.0 Å². The third kappa shape index (κ3) is 4.96. The van der Waals surface area contributed by atoms with Gasteiger partial charge in [-0.15, -0.1) is 11.3 Å². The number of sulfonamides is 1. The molecule has 7 nitrogen and oxygen atoms in total. The van der Waals surface area contributed by atoms with Gasteiger partial charge in [-0.25, -0.2) is 18.1 Å². The topological polar surface area (TPSA) is 104 Å². The number of carbonyl (C=O) groups excluding carboxylic acids is 1. The van der Waals surface area contributed by atoms with Crippen molar-refractivity contribution in [1.29, 1.82) is 0 Å². The van der Waals surface area contributed by atoms with Crippen LogP contribution in [-0.4, -0.2) is 37.4 Å². The lowest BCUT2D eigenvalue weighted by molar-refractivity contribution is -0.120. The summed E-state index contributed by atoms with van der Waals surface area (Å²) >= 11 is 1.14. The second-order valence-electron chi connectivity index (χ2n) is 4.26. The molecule has 0 radical (unpaired) electrons. The monoisotopic (exact) mass is 328 g/mol. The van der Waals surface area contributed by atoms with Crippen LogP contribution in [0.1, 0.15) is 12.1 Å². The minimum atomic E-state index is -3.49. The van der Waals surface area contributed by atoms with Gasteiger partial charge in [0, 0.05) is 37.8 Å². The minimum absolute atomic E-state index is 0.0795. The van der Waals surface area contributed by atoms with E-state index in [0.29, 0.717) is 13.0 Å². The standard InChI is InChI=1S/C12H16N4O3S2/c17-11(14-5-3-10-8-13-9-15-10)4-6-16-21(18,19)12-2-1-7-20-12/h1-2,7-9,16H,3-6H2,(H,13,15)(H,14,17). The molecule has 1 amide bonds. The number of thiophene rings is 1. The number of hydrogen-bond acceptors (Lipinski definition) is 5. The van der Waals surface area contributed by atoms with Crippen molar-refractivity contribution < 1.29 is 13.2 Å². The van der Waals surface area contributed by atoms with E-state index in [4.69, 9.17) is 0 Å². The molecule has 0 saturated carbocycles. The molecule has 0 saturated heterocycles. The molecule has 3 N–H and O–H groups in total. The zero-order valence-electron chi connectivity index (χ0n) is 11.2. The van der Waals surface area contributed by atoms with Crippen LogP contribution in [-0.2, 0) is 21.2 Å². The summed E-state index contributed by atoms with van der Waals surface area (Å²) in [7, 11) is -3.49. The highest BCUT2D eigenvalue weighted by molar-refractivity contribution is 7.91. The maximum atomic E-state index is 11.8. The lowest BCUT2D eigenvalue weighted by Gasteiger charge is -2.06. The lowest BCUT2D eigenvalue weighted by atomic mass is 10.3. The van der Waals surface area contributed by atoms with E-state index in [9.17, 15) is 13.2 Å². The highest BCUT2D eigenvalue weighted by Crippen LogP contribution is 2.14. The number of nitrogens with one attached hydrogen (secondary N) is 3. The predicted octanol–water partition coefficient (Wildman–Crippen LogP) is 0.498. The Morgan fingerprint density at radius 2 is 2.24 bits per heavy atom. The van der Waals surface area contributed by atoms with Gasteiger partial charge in [0.05, 0.1) is 6.33 Å². The molecule has 0 bridgehead atoms. The van der Waals surface area contributed by atoms with Crippen molar-refractivity contribution in [2.24, 2.45) is 0 Å². The molecule has 0 aliphatic heterocycles. The summed E-state index contributed by atoms with van der Waals surface area (Å²) in [5.41, 5.74) is 0.939. The summed E-state index contributed by atoms with van der Waals surface area (Å²) in [6.45, 7) is 0.564. The van der Waals surface area contributed by atoms with Gasteiger partial charge in [-0.05, 0) is 11.4 Å². The Bertz CT molecular complexity index is 651. The van der Waals surface area contributed by atoms with Gasteiger partial charge in [0.2, 0.25) is 15.9 Å². The first-order valence-corrected chi connectivity index (χ1v) is 8.71. The number of carbonyl (C=O) groups is 1. The van der Waals surface area contributed by atoms with Gasteiger partial charge < -0.3 is 10.3 Å². The molecule has 0 unspecified atom stereocenters. The quantitative estimate of drug-likeness (QED) is 0.656. The number of aromatic nitrogens is 2. The van der Waals surface area contributed by atoms with Crippen molar-refractivity contribution in [1.82, 2.24) is 20.0 Å². The van der Waals surface area contributed by atoms with E-state index in [1.165, 1.54) is 6.07 Å². The summed E-state index contributed by atoms with van der Waals surface area (Å²) in [4.78, 5) is 18.4. The second-order valence-corrected chi connectivity index (χ2v) is 7.20. The molecular weight excluding hydrogens is 312 g/mol. The van der Waals surface area contributed by atoms with Crippen LogP contribution in [0.2, 0.25) is 0 Å². The molecule has 9 heteroatoms. The fourth-order valence-electron chi connectivity index (χ4n) is 1.63. The highest BCUT2D eigenvalue weighted by atomic mass is 32.2. The van der Waals surface area contributed by atoms with Crippen LogP contribution in [0, 0.1) is 0 Å². The normalized spacial score (nSPS) is 11.4. The third-order valence-electron chi connectivity index (χ3n) is 2.68. The van der Waals surface area contributed by atoms with Crippen molar-refractivity contribution in [3.05, 3.63) is 35.7 Å². The van der Waals surface area contributed by atoms with Crippen molar-refractivity contribution in [3.63, 3.8) is 0 Å². The van der Waals surface area contributed by atoms with Gasteiger partial charge >= 0.3 is 0 Å². The molecule has 0 spiro atoms. The SMILES string of the molecule is O=C(CCNS(=O)(=O)c1cccs1)NCCc1cnc[nH]1. The smallest absolute Gasteiger partial charge is 0.250 e. The molecule has 0 aliphatic carbocycles. The molecule has 2 rings (SSSR count). The summed E-state index contributed by atoms with van der Waals surface area (Å²) in [6, 6.07) is 3.19. The van der Waals surface area contributed by atoms with Crippen molar-refractivity contribution in [3.8, 4) is 0 Å². The molecule has 21 heavy (non-hydrogen) atoms. The Hall–Kier alpha value is -1.71. The third-order valence-corrected chi connectivity index (χ3v) is 5.53. The lowest BCUT2D eigenvalue weighted by Crippen LogP contribution is -2.31. The van der Waals surface area contributed by atoms with Gasteiger partial charge in [-0.1, -0.05) is 6.07 Å². The number of nitrogens with zero attached hydrogens (tertiary/aromatic N) is 1. The van der Waals surface area contributed by atoms with E-state index in [2.05, 4.69) is 20.0 Å². The average molecular weight is 328 g/mol. The van der Waals surface area contributed by atoms with E-state index in [0.717, 1.165) is 17.0 Å². The zero-order chi connectivity index (χ0) is 15.1.